The fourth-order valence-corrected chi connectivity index (χ4v) is 2.76. The lowest BCUT2D eigenvalue weighted by atomic mass is 9.93. The monoisotopic (exact) mass is 230 g/mol. The Labute approximate surface area is 104 Å². The second kappa shape index (κ2) is 6.58. The van der Waals surface area contributed by atoms with Crippen LogP contribution in [-0.2, 0) is 0 Å². The van der Waals surface area contributed by atoms with Crippen LogP contribution in [0.2, 0.25) is 0 Å². The molecule has 0 aliphatic heterocycles. The van der Waals surface area contributed by atoms with Gasteiger partial charge in [0.2, 0.25) is 0 Å². The number of rotatable bonds is 4. The molecule has 1 aliphatic rings. The molecule has 1 fully saturated rings. The van der Waals surface area contributed by atoms with E-state index in [4.69, 9.17) is 0 Å². The summed E-state index contributed by atoms with van der Waals surface area (Å²) in [6.07, 6.45) is 10.0. The first-order chi connectivity index (χ1) is 8.36. The van der Waals surface area contributed by atoms with E-state index in [1.54, 1.807) is 0 Å². The van der Waals surface area contributed by atoms with Crippen LogP contribution in [0.15, 0.2) is 30.3 Å². The lowest BCUT2D eigenvalue weighted by Gasteiger charge is -2.12. The first-order valence-corrected chi connectivity index (χ1v) is 6.94. The molecule has 1 aliphatic carbocycles. The highest BCUT2D eigenvalue weighted by atomic mass is 16.1. The molecule has 0 spiro atoms. The van der Waals surface area contributed by atoms with E-state index in [1.165, 1.54) is 38.5 Å². The number of carbonyl (C=O) groups is 1. The number of benzene rings is 1. The van der Waals surface area contributed by atoms with E-state index in [2.05, 4.69) is 0 Å². The van der Waals surface area contributed by atoms with Crippen molar-refractivity contribution >= 4 is 5.78 Å². The van der Waals surface area contributed by atoms with Gasteiger partial charge in [-0.05, 0) is 12.3 Å². The van der Waals surface area contributed by atoms with Gasteiger partial charge in [-0.3, -0.25) is 4.79 Å². The summed E-state index contributed by atoms with van der Waals surface area (Å²) in [4.78, 5) is 12.0. The summed E-state index contributed by atoms with van der Waals surface area (Å²) >= 11 is 0. The largest absolute Gasteiger partial charge is 0.294 e. The normalized spacial score (nSPS) is 17.6. The Morgan fingerprint density at radius 3 is 2.29 bits per heavy atom. The Bertz CT molecular complexity index is 334. The molecule has 0 unspecified atom stereocenters. The standard InChI is InChI=1S/C16H22O/c17-16(15-10-6-3-7-11-15)13-12-14-8-4-1-2-5-9-14/h3,6-7,10-11,14H,1-2,4-5,8-9,12-13H2. The number of Topliss-reactive ketones (excluding diaryl/α,β-unsaturated/α-hetero) is 1. The van der Waals surface area contributed by atoms with Crippen molar-refractivity contribution in [3.05, 3.63) is 35.9 Å². The third-order valence-corrected chi connectivity index (χ3v) is 3.85. The maximum Gasteiger partial charge on any atom is 0.162 e. The summed E-state index contributed by atoms with van der Waals surface area (Å²) in [5, 5.41) is 0. The Kier molecular flexibility index (Phi) is 4.78. The topological polar surface area (TPSA) is 17.1 Å². The fraction of sp³-hybridized carbons (Fsp3) is 0.562. The van der Waals surface area contributed by atoms with Gasteiger partial charge in [0.1, 0.15) is 0 Å². The summed E-state index contributed by atoms with van der Waals surface area (Å²) in [7, 11) is 0. The zero-order chi connectivity index (χ0) is 11.9. The van der Waals surface area contributed by atoms with Crippen LogP contribution in [0.3, 0.4) is 0 Å². The van der Waals surface area contributed by atoms with Gasteiger partial charge < -0.3 is 0 Å². The van der Waals surface area contributed by atoms with Gasteiger partial charge in [0.05, 0.1) is 0 Å². The second-order valence-electron chi connectivity index (χ2n) is 5.19. The minimum absolute atomic E-state index is 0.315. The first kappa shape index (κ1) is 12.3. The predicted molar refractivity (Wildman–Crippen MR) is 71.2 cm³/mol. The minimum atomic E-state index is 0.315. The SMILES string of the molecule is O=C(CCC1CCCCCC1)c1ccccc1. The van der Waals surface area contributed by atoms with Crippen molar-refractivity contribution in [1.29, 1.82) is 0 Å². The maximum absolute atomic E-state index is 12.0. The van der Waals surface area contributed by atoms with Crippen LogP contribution in [0.4, 0.5) is 0 Å². The van der Waals surface area contributed by atoms with Crippen molar-refractivity contribution in [2.24, 2.45) is 5.92 Å². The van der Waals surface area contributed by atoms with Crippen molar-refractivity contribution in [2.45, 2.75) is 51.4 Å². The molecule has 1 heteroatoms. The molecule has 0 saturated heterocycles. The molecule has 17 heavy (non-hydrogen) atoms. The van der Waals surface area contributed by atoms with E-state index in [-0.39, 0.29) is 0 Å². The molecule has 1 saturated carbocycles. The fourth-order valence-electron chi connectivity index (χ4n) is 2.76. The lowest BCUT2D eigenvalue weighted by Crippen LogP contribution is -2.05. The van der Waals surface area contributed by atoms with Crippen molar-refractivity contribution in [3.63, 3.8) is 0 Å². The molecule has 0 bridgehead atoms. The van der Waals surface area contributed by atoms with Gasteiger partial charge in [-0.1, -0.05) is 68.9 Å². The molecule has 0 heterocycles. The van der Waals surface area contributed by atoms with E-state index in [0.717, 1.165) is 24.3 Å². The summed E-state index contributed by atoms with van der Waals surface area (Å²) in [5.74, 6) is 1.11. The maximum atomic E-state index is 12.0. The second-order valence-corrected chi connectivity index (χ2v) is 5.19. The van der Waals surface area contributed by atoms with Gasteiger partial charge >= 0.3 is 0 Å². The van der Waals surface area contributed by atoms with Crippen LogP contribution in [0.25, 0.3) is 0 Å². The van der Waals surface area contributed by atoms with Gasteiger partial charge in [0.25, 0.3) is 0 Å². The third kappa shape index (κ3) is 3.99. The zero-order valence-corrected chi connectivity index (χ0v) is 10.5. The van der Waals surface area contributed by atoms with Crippen LogP contribution >= 0.6 is 0 Å². The number of ketones is 1. The lowest BCUT2D eigenvalue weighted by molar-refractivity contribution is 0.0972. The average molecular weight is 230 g/mol. The molecule has 0 N–H and O–H groups in total. The van der Waals surface area contributed by atoms with Crippen LogP contribution in [0, 0.1) is 5.92 Å². The van der Waals surface area contributed by atoms with Crippen molar-refractivity contribution in [3.8, 4) is 0 Å². The quantitative estimate of drug-likeness (QED) is 0.545. The number of hydrogen-bond acceptors (Lipinski definition) is 1. The van der Waals surface area contributed by atoms with Crippen molar-refractivity contribution in [2.75, 3.05) is 0 Å². The minimum Gasteiger partial charge on any atom is -0.294 e. The molecule has 1 aromatic carbocycles. The molecule has 0 atom stereocenters. The van der Waals surface area contributed by atoms with Crippen LogP contribution in [-0.4, -0.2) is 5.78 Å². The number of hydrogen-bond donors (Lipinski definition) is 0. The predicted octanol–water partition coefficient (Wildman–Crippen LogP) is 4.62. The highest BCUT2D eigenvalue weighted by Gasteiger charge is 2.14. The average Bonchev–Trinajstić information content (AvgIpc) is 2.65. The van der Waals surface area contributed by atoms with E-state index in [0.29, 0.717) is 5.78 Å². The van der Waals surface area contributed by atoms with Crippen molar-refractivity contribution < 1.29 is 4.79 Å². The first-order valence-electron chi connectivity index (χ1n) is 6.94. The molecule has 2 rings (SSSR count). The molecular formula is C16H22O. The van der Waals surface area contributed by atoms with Gasteiger partial charge in [-0.25, -0.2) is 0 Å². The van der Waals surface area contributed by atoms with E-state index in [9.17, 15) is 4.79 Å². The highest BCUT2D eigenvalue weighted by Crippen LogP contribution is 2.26. The van der Waals surface area contributed by atoms with Gasteiger partial charge in [-0.15, -0.1) is 0 Å². The Morgan fingerprint density at radius 1 is 1.00 bits per heavy atom. The van der Waals surface area contributed by atoms with Crippen molar-refractivity contribution in [1.82, 2.24) is 0 Å². The highest BCUT2D eigenvalue weighted by molar-refractivity contribution is 5.95. The van der Waals surface area contributed by atoms with Gasteiger partial charge in [-0.2, -0.15) is 0 Å². The van der Waals surface area contributed by atoms with E-state index in [1.807, 2.05) is 30.3 Å². The smallest absolute Gasteiger partial charge is 0.162 e. The van der Waals surface area contributed by atoms with Crippen LogP contribution in [0.1, 0.15) is 61.7 Å². The summed E-state index contributed by atoms with van der Waals surface area (Å²) < 4.78 is 0. The third-order valence-electron chi connectivity index (χ3n) is 3.85. The van der Waals surface area contributed by atoms with E-state index >= 15 is 0 Å². The molecule has 1 nitrogen and oxygen atoms in total. The van der Waals surface area contributed by atoms with E-state index < -0.39 is 0 Å². The van der Waals surface area contributed by atoms with Crippen LogP contribution < -0.4 is 0 Å². The molecular weight excluding hydrogens is 208 g/mol. The van der Waals surface area contributed by atoms with Gasteiger partial charge in [0.15, 0.2) is 5.78 Å². The van der Waals surface area contributed by atoms with Gasteiger partial charge in [0, 0.05) is 12.0 Å². The Balaban J connectivity index is 1.79. The summed E-state index contributed by atoms with van der Waals surface area (Å²) in [6, 6.07) is 9.70. The van der Waals surface area contributed by atoms with Crippen LogP contribution in [0.5, 0.6) is 0 Å². The Hall–Kier alpha value is -1.11. The zero-order valence-electron chi connectivity index (χ0n) is 10.5. The summed E-state index contributed by atoms with van der Waals surface area (Å²) in [6.45, 7) is 0. The molecule has 1 aromatic rings. The molecule has 0 amide bonds. The molecule has 0 radical (unpaired) electrons. The Morgan fingerprint density at radius 2 is 1.65 bits per heavy atom. The molecule has 92 valence electrons. The number of carbonyl (C=O) groups excluding carboxylic acids is 1. The summed E-state index contributed by atoms with van der Waals surface area (Å²) in [5.41, 5.74) is 0.876. The molecule has 0 aromatic heterocycles.